The lowest BCUT2D eigenvalue weighted by molar-refractivity contribution is 0.107. The molecule has 19 heavy (non-hydrogen) atoms. The summed E-state index contributed by atoms with van der Waals surface area (Å²) in [7, 11) is 0. The van der Waals surface area contributed by atoms with Crippen LogP contribution >= 0.6 is 11.6 Å². The Morgan fingerprint density at radius 1 is 1.11 bits per heavy atom. The fourth-order valence-corrected chi connectivity index (χ4v) is 1.95. The lowest BCUT2D eigenvalue weighted by Crippen LogP contribution is -2.02. The van der Waals surface area contributed by atoms with Crippen LogP contribution in [0.25, 0.3) is 0 Å². The van der Waals surface area contributed by atoms with Gasteiger partial charge in [0, 0.05) is 0 Å². The van der Waals surface area contributed by atoms with E-state index in [2.05, 4.69) is 0 Å². The minimum absolute atomic E-state index is 0.417. The molecular weight excluding hydrogens is 260 g/mol. The Balaban J connectivity index is 2.24. The Kier molecular flexibility index (Phi) is 4.23. The molecule has 0 aromatic heterocycles. The maximum Gasteiger partial charge on any atom is 0.256 e. The summed E-state index contributed by atoms with van der Waals surface area (Å²) in [5, 5.41) is -0.494. The van der Waals surface area contributed by atoms with Crippen LogP contribution in [-0.4, -0.2) is 5.24 Å². The molecule has 0 fully saturated rings. The van der Waals surface area contributed by atoms with Crippen LogP contribution in [0.1, 0.15) is 27.0 Å². The van der Waals surface area contributed by atoms with Gasteiger partial charge in [-0.1, -0.05) is 30.3 Å². The maximum absolute atomic E-state index is 11.4. The smallest absolute Gasteiger partial charge is 0.256 e. The van der Waals surface area contributed by atoms with E-state index in [4.69, 9.17) is 16.3 Å². The predicted octanol–water partition coefficient (Wildman–Crippen LogP) is 4.26. The second kappa shape index (κ2) is 5.89. The molecule has 2 rings (SSSR count). The summed E-state index contributed by atoms with van der Waals surface area (Å²) >= 11 is 5.60. The molecule has 0 N–H and O–H groups in total. The van der Waals surface area contributed by atoms with Crippen molar-refractivity contribution in [3.63, 3.8) is 0 Å². The Morgan fingerprint density at radius 2 is 1.74 bits per heavy atom. The number of hydrogen-bond donors (Lipinski definition) is 0. The van der Waals surface area contributed by atoms with E-state index >= 15 is 0 Å². The average Bonchev–Trinajstić information content (AvgIpc) is 2.40. The SMILES string of the molecule is Cc1cc(OCc2ccccc2)c(C(=O)Cl)cc1C. The number of carbonyl (C=O) groups excluding carboxylic acids is 1. The summed E-state index contributed by atoms with van der Waals surface area (Å²) in [5.74, 6) is 0.534. The number of rotatable bonds is 4. The summed E-state index contributed by atoms with van der Waals surface area (Å²) < 4.78 is 5.72. The van der Waals surface area contributed by atoms with E-state index in [0.29, 0.717) is 17.9 Å². The Hall–Kier alpha value is -1.80. The van der Waals surface area contributed by atoms with Crippen molar-refractivity contribution in [2.24, 2.45) is 0 Å². The predicted molar refractivity (Wildman–Crippen MR) is 76.9 cm³/mol. The Labute approximate surface area is 118 Å². The van der Waals surface area contributed by atoms with Crippen molar-refractivity contribution < 1.29 is 9.53 Å². The maximum atomic E-state index is 11.4. The molecule has 98 valence electrons. The highest BCUT2D eigenvalue weighted by Gasteiger charge is 2.12. The zero-order valence-electron chi connectivity index (χ0n) is 10.9. The van der Waals surface area contributed by atoms with Crippen molar-refractivity contribution >= 4 is 16.8 Å². The molecule has 0 unspecified atom stereocenters. The van der Waals surface area contributed by atoms with Crippen molar-refractivity contribution in [1.29, 1.82) is 0 Å². The fraction of sp³-hybridized carbons (Fsp3) is 0.188. The number of benzene rings is 2. The molecule has 2 nitrogen and oxygen atoms in total. The summed E-state index contributed by atoms with van der Waals surface area (Å²) in [5.41, 5.74) is 3.56. The Bertz CT molecular complexity index is 591. The number of carbonyl (C=O) groups is 1. The third-order valence-electron chi connectivity index (χ3n) is 3.04. The average molecular weight is 275 g/mol. The van der Waals surface area contributed by atoms with Crippen molar-refractivity contribution in [3.8, 4) is 5.75 Å². The molecule has 3 heteroatoms. The minimum atomic E-state index is -0.494. The molecule has 2 aromatic carbocycles. The molecule has 0 atom stereocenters. The first-order chi connectivity index (χ1) is 9.08. The number of halogens is 1. The van der Waals surface area contributed by atoms with E-state index in [1.807, 2.05) is 50.2 Å². The van der Waals surface area contributed by atoms with Crippen LogP contribution in [0.4, 0.5) is 0 Å². The highest BCUT2D eigenvalue weighted by atomic mass is 35.5. The lowest BCUT2D eigenvalue weighted by Gasteiger charge is -2.12. The second-order valence-electron chi connectivity index (χ2n) is 4.48. The van der Waals surface area contributed by atoms with Gasteiger partial charge in [-0.05, 0) is 54.3 Å². The van der Waals surface area contributed by atoms with Crippen LogP contribution in [-0.2, 0) is 6.61 Å². The van der Waals surface area contributed by atoms with Gasteiger partial charge in [0.1, 0.15) is 12.4 Å². The third-order valence-corrected chi connectivity index (χ3v) is 3.25. The summed E-state index contributed by atoms with van der Waals surface area (Å²) in [6.45, 7) is 4.34. The van der Waals surface area contributed by atoms with Gasteiger partial charge in [-0.25, -0.2) is 0 Å². The second-order valence-corrected chi connectivity index (χ2v) is 4.82. The fourth-order valence-electron chi connectivity index (χ4n) is 1.80. The standard InChI is InChI=1S/C16H15ClO2/c1-11-8-14(16(17)18)15(9-12(11)2)19-10-13-6-4-3-5-7-13/h3-9H,10H2,1-2H3. The topological polar surface area (TPSA) is 26.3 Å². The molecule has 0 bridgehead atoms. The largest absolute Gasteiger partial charge is 0.488 e. The van der Waals surface area contributed by atoms with Crippen molar-refractivity contribution in [2.75, 3.05) is 0 Å². The summed E-state index contributed by atoms with van der Waals surface area (Å²) in [4.78, 5) is 11.4. The van der Waals surface area contributed by atoms with E-state index in [9.17, 15) is 4.79 Å². The molecule has 0 heterocycles. The number of hydrogen-bond acceptors (Lipinski definition) is 2. The summed E-state index contributed by atoms with van der Waals surface area (Å²) in [6, 6.07) is 13.4. The molecule has 0 aliphatic carbocycles. The molecule has 0 amide bonds. The van der Waals surface area contributed by atoms with Gasteiger partial charge in [0.15, 0.2) is 0 Å². The summed E-state index contributed by atoms with van der Waals surface area (Å²) in [6.07, 6.45) is 0. The molecule has 0 saturated heterocycles. The van der Waals surface area contributed by atoms with Gasteiger partial charge in [0.05, 0.1) is 5.56 Å². The molecule has 0 saturated carbocycles. The Morgan fingerprint density at radius 3 is 2.37 bits per heavy atom. The first-order valence-corrected chi connectivity index (χ1v) is 6.43. The van der Waals surface area contributed by atoms with Gasteiger partial charge in [-0.15, -0.1) is 0 Å². The van der Waals surface area contributed by atoms with E-state index in [1.54, 1.807) is 6.07 Å². The normalized spacial score (nSPS) is 10.3. The lowest BCUT2D eigenvalue weighted by atomic mass is 10.1. The van der Waals surface area contributed by atoms with Crippen LogP contribution in [0.2, 0.25) is 0 Å². The van der Waals surface area contributed by atoms with Crippen molar-refractivity contribution in [3.05, 3.63) is 64.7 Å². The first-order valence-electron chi connectivity index (χ1n) is 6.05. The zero-order chi connectivity index (χ0) is 13.8. The van der Waals surface area contributed by atoms with Gasteiger partial charge in [0.25, 0.3) is 5.24 Å². The molecule has 0 aliphatic rings. The molecule has 0 radical (unpaired) electrons. The van der Waals surface area contributed by atoms with E-state index in [0.717, 1.165) is 16.7 Å². The van der Waals surface area contributed by atoms with Gasteiger partial charge in [-0.3, -0.25) is 4.79 Å². The first kappa shape index (κ1) is 13.6. The van der Waals surface area contributed by atoms with Crippen LogP contribution in [0.3, 0.4) is 0 Å². The van der Waals surface area contributed by atoms with Crippen molar-refractivity contribution in [1.82, 2.24) is 0 Å². The molecule has 0 aliphatic heterocycles. The number of aryl methyl sites for hydroxylation is 2. The quantitative estimate of drug-likeness (QED) is 0.779. The van der Waals surface area contributed by atoms with Gasteiger partial charge in [-0.2, -0.15) is 0 Å². The van der Waals surface area contributed by atoms with Crippen LogP contribution in [0.15, 0.2) is 42.5 Å². The highest BCUT2D eigenvalue weighted by molar-refractivity contribution is 6.68. The van der Waals surface area contributed by atoms with Gasteiger partial charge >= 0.3 is 0 Å². The van der Waals surface area contributed by atoms with E-state index < -0.39 is 5.24 Å². The molecule has 0 spiro atoms. The van der Waals surface area contributed by atoms with E-state index in [1.165, 1.54) is 0 Å². The van der Waals surface area contributed by atoms with E-state index in [-0.39, 0.29) is 0 Å². The van der Waals surface area contributed by atoms with Gasteiger partial charge in [0.2, 0.25) is 0 Å². The minimum Gasteiger partial charge on any atom is -0.488 e. The zero-order valence-corrected chi connectivity index (χ0v) is 11.7. The molecule has 2 aromatic rings. The van der Waals surface area contributed by atoms with Crippen LogP contribution < -0.4 is 4.74 Å². The molecular formula is C16H15ClO2. The van der Waals surface area contributed by atoms with Gasteiger partial charge < -0.3 is 4.74 Å². The third kappa shape index (κ3) is 3.36. The highest BCUT2D eigenvalue weighted by Crippen LogP contribution is 2.25. The van der Waals surface area contributed by atoms with Crippen LogP contribution in [0.5, 0.6) is 5.75 Å². The number of ether oxygens (including phenoxy) is 1. The van der Waals surface area contributed by atoms with Crippen LogP contribution in [0, 0.1) is 13.8 Å². The monoisotopic (exact) mass is 274 g/mol. The van der Waals surface area contributed by atoms with Crippen molar-refractivity contribution in [2.45, 2.75) is 20.5 Å².